The molecule has 0 aliphatic heterocycles. The normalized spacial score (nSPS) is 10.8. The van der Waals surface area contributed by atoms with Crippen LogP contribution in [0.15, 0.2) is 42.7 Å². The molecule has 0 fully saturated rings. The number of carbonyl (C=O) groups is 1. The van der Waals surface area contributed by atoms with Crippen LogP contribution in [0.1, 0.15) is 22.8 Å². The summed E-state index contributed by atoms with van der Waals surface area (Å²) in [6.07, 6.45) is 4.58. The molecular formula is C17H16N2O2. The van der Waals surface area contributed by atoms with Crippen LogP contribution in [0.25, 0.3) is 16.9 Å². The first-order valence-corrected chi connectivity index (χ1v) is 6.89. The number of rotatable bonds is 4. The molecule has 3 aromatic rings. The fourth-order valence-electron chi connectivity index (χ4n) is 2.39. The van der Waals surface area contributed by atoms with Crippen molar-refractivity contribution in [3.8, 4) is 17.0 Å². The minimum Gasteiger partial charge on any atom is -0.494 e. The average molecular weight is 280 g/mol. The number of hydrogen-bond acceptors (Lipinski definition) is 3. The van der Waals surface area contributed by atoms with Gasteiger partial charge in [0.15, 0.2) is 6.29 Å². The van der Waals surface area contributed by atoms with Crippen LogP contribution in [0.4, 0.5) is 0 Å². The van der Waals surface area contributed by atoms with Gasteiger partial charge in [-0.2, -0.15) is 0 Å². The predicted octanol–water partition coefficient (Wildman–Crippen LogP) is 3.52. The Kier molecular flexibility index (Phi) is 3.44. The minimum absolute atomic E-state index is 0.649. The quantitative estimate of drug-likeness (QED) is 0.687. The Hall–Kier alpha value is -2.62. The van der Waals surface area contributed by atoms with Gasteiger partial charge in [-0.3, -0.25) is 4.79 Å². The summed E-state index contributed by atoms with van der Waals surface area (Å²) in [7, 11) is 0. The zero-order valence-electron chi connectivity index (χ0n) is 12.0. The van der Waals surface area contributed by atoms with Crippen molar-refractivity contribution in [1.29, 1.82) is 0 Å². The lowest BCUT2D eigenvalue weighted by Gasteiger charge is -2.02. The van der Waals surface area contributed by atoms with E-state index in [0.717, 1.165) is 34.5 Å². The maximum absolute atomic E-state index is 10.9. The van der Waals surface area contributed by atoms with Gasteiger partial charge in [0.2, 0.25) is 0 Å². The molecule has 106 valence electrons. The van der Waals surface area contributed by atoms with Crippen LogP contribution in [0.5, 0.6) is 5.75 Å². The molecule has 2 aromatic heterocycles. The summed E-state index contributed by atoms with van der Waals surface area (Å²) >= 11 is 0. The lowest BCUT2D eigenvalue weighted by Crippen LogP contribution is -1.91. The van der Waals surface area contributed by atoms with Crippen LogP contribution in [-0.4, -0.2) is 22.3 Å². The van der Waals surface area contributed by atoms with E-state index < -0.39 is 0 Å². The summed E-state index contributed by atoms with van der Waals surface area (Å²) in [4.78, 5) is 15.6. The number of hydrogen-bond donors (Lipinski definition) is 0. The Balaban J connectivity index is 2.04. The van der Waals surface area contributed by atoms with Crippen molar-refractivity contribution in [3.63, 3.8) is 0 Å². The van der Waals surface area contributed by atoms with Gasteiger partial charge in [-0.25, -0.2) is 4.98 Å². The molecule has 2 heterocycles. The number of aldehydes is 1. The standard InChI is InChI=1S/C17H16N2O2/c1-3-21-15-6-4-14(5-7-15)16-10-19-9-13(11-20)8-12(2)17(19)18-16/h4-11H,3H2,1-2H3. The van der Waals surface area contributed by atoms with Crippen molar-refractivity contribution < 1.29 is 9.53 Å². The van der Waals surface area contributed by atoms with E-state index >= 15 is 0 Å². The van der Waals surface area contributed by atoms with Crippen LogP contribution < -0.4 is 4.74 Å². The average Bonchev–Trinajstić information content (AvgIpc) is 2.93. The van der Waals surface area contributed by atoms with Crippen molar-refractivity contribution in [2.24, 2.45) is 0 Å². The highest BCUT2D eigenvalue weighted by Crippen LogP contribution is 2.23. The van der Waals surface area contributed by atoms with Crippen LogP contribution in [-0.2, 0) is 0 Å². The maximum Gasteiger partial charge on any atom is 0.151 e. The van der Waals surface area contributed by atoms with Gasteiger partial charge in [-0.1, -0.05) is 0 Å². The van der Waals surface area contributed by atoms with Crippen LogP contribution in [0.2, 0.25) is 0 Å². The van der Waals surface area contributed by atoms with Crippen molar-refractivity contribution in [2.45, 2.75) is 13.8 Å². The molecule has 0 N–H and O–H groups in total. The molecular weight excluding hydrogens is 264 g/mol. The second-order valence-electron chi connectivity index (χ2n) is 4.89. The van der Waals surface area contributed by atoms with Gasteiger partial charge in [0.1, 0.15) is 11.4 Å². The maximum atomic E-state index is 10.9. The summed E-state index contributed by atoms with van der Waals surface area (Å²) in [6.45, 7) is 4.57. The number of imidazole rings is 1. The number of nitrogens with zero attached hydrogens (tertiary/aromatic N) is 2. The van der Waals surface area contributed by atoms with E-state index in [4.69, 9.17) is 4.74 Å². The van der Waals surface area contributed by atoms with Gasteiger partial charge >= 0.3 is 0 Å². The molecule has 21 heavy (non-hydrogen) atoms. The third-order valence-corrected chi connectivity index (χ3v) is 3.35. The zero-order chi connectivity index (χ0) is 14.8. The highest BCUT2D eigenvalue weighted by atomic mass is 16.5. The van der Waals surface area contributed by atoms with E-state index in [1.807, 2.05) is 54.8 Å². The lowest BCUT2D eigenvalue weighted by molar-refractivity contribution is 0.112. The van der Waals surface area contributed by atoms with E-state index in [1.54, 1.807) is 6.20 Å². The van der Waals surface area contributed by atoms with E-state index in [-0.39, 0.29) is 0 Å². The number of pyridine rings is 1. The lowest BCUT2D eigenvalue weighted by atomic mass is 10.2. The van der Waals surface area contributed by atoms with Crippen LogP contribution in [0, 0.1) is 6.92 Å². The molecule has 0 aliphatic rings. The molecule has 0 amide bonds. The van der Waals surface area contributed by atoms with Gasteiger partial charge in [0, 0.05) is 23.5 Å². The number of benzene rings is 1. The molecule has 4 heteroatoms. The molecule has 0 atom stereocenters. The van der Waals surface area contributed by atoms with Gasteiger partial charge < -0.3 is 9.14 Å². The van der Waals surface area contributed by atoms with E-state index in [0.29, 0.717) is 12.2 Å². The Morgan fingerprint density at radius 3 is 2.67 bits per heavy atom. The summed E-state index contributed by atoms with van der Waals surface area (Å²) in [5.41, 5.74) is 4.40. The van der Waals surface area contributed by atoms with Crippen LogP contribution >= 0.6 is 0 Å². The van der Waals surface area contributed by atoms with E-state index in [1.165, 1.54) is 0 Å². The molecule has 4 nitrogen and oxygen atoms in total. The van der Waals surface area contributed by atoms with Crippen molar-refractivity contribution in [3.05, 3.63) is 53.9 Å². The number of carbonyl (C=O) groups excluding carboxylic acids is 1. The van der Waals surface area contributed by atoms with Gasteiger partial charge in [-0.15, -0.1) is 0 Å². The molecule has 3 rings (SSSR count). The number of aromatic nitrogens is 2. The van der Waals surface area contributed by atoms with Crippen molar-refractivity contribution in [2.75, 3.05) is 6.61 Å². The molecule has 0 saturated heterocycles. The monoisotopic (exact) mass is 280 g/mol. The zero-order valence-corrected chi connectivity index (χ0v) is 12.0. The SMILES string of the molecule is CCOc1ccc(-c2cn3cc(C=O)cc(C)c3n2)cc1. The summed E-state index contributed by atoms with van der Waals surface area (Å²) < 4.78 is 7.33. The second-order valence-corrected chi connectivity index (χ2v) is 4.89. The Bertz CT molecular complexity index is 788. The largest absolute Gasteiger partial charge is 0.494 e. The van der Waals surface area contributed by atoms with Crippen molar-refractivity contribution >= 4 is 11.9 Å². The predicted molar refractivity (Wildman–Crippen MR) is 81.9 cm³/mol. The Morgan fingerprint density at radius 1 is 1.24 bits per heavy atom. The number of ether oxygens (including phenoxy) is 1. The first kappa shape index (κ1) is 13.4. The molecule has 0 aliphatic carbocycles. The van der Waals surface area contributed by atoms with Crippen molar-refractivity contribution in [1.82, 2.24) is 9.38 Å². The second kappa shape index (κ2) is 5.40. The highest BCUT2D eigenvalue weighted by molar-refractivity contribution is 5.76. The molecule has 0 saturated carbocycles. The molecule has 0 unspecified atom stereocenters. The fraction of sp³-hybridized carbons (Fsp3) is 0.176. The Morgan fingerprint density at radius 2 is 2.00 bits per heavy atom. The Labute approximate surface area is 123 Å². The fourth-order valence-corrected chi connectivity index (χ4v) is 2.39. The number of fused-ring (bicyclic) bond motifs is 1. The smallest absolute Gasteiger partial charge is 0.151 e. The van der Waals surface area contributed by atoms with Crippen LogP contribution in [0.3, 0.4) is 0 Å². The molecule has 0 bridgehead atoms. The summed E-state index contributed by atoms with van der Waals surface area (Å²) in [6, 6.07) is 9.70. The van der Waals surface area contributed by atoms with Gasteiger partial charge in [-0.05, 0) is 49.7 Å². The topological polar surface area (TPSA) is 43.6 Å². The first-order valence-electron chi connectivity index (χ1n) is 6.89. The third kappa shape index (κ3) is 2.52. The van der Waals surface area contributed by atoms with E-state index in [9.17, 15) is 4.79 Å². The highest BCUT2D eigenvalue weighted by Gasteiger charge is 2.08. The molecule has 0 spiro atoms. The molecule has 0 radical (unpaired) electrons. The third-order valence-electron chi connectivity index (χ3n) is 3.35. The summed E-state index contributed by atoms with van der Waals surface area (Å²) in [5.74, 6) is 0.851. The number of aryl methyl sites for hydroxylation is 1. The first-order chi connectivity index (χ1) is 10.2. The molecule has 1 aromatic carbocycles. The summed E-state index contributed by atoms with van der Waals surface area (Å²) in [5, 5.41) is 0. The minimum atomic E-state index is 0.649. The van der Waals surface area contributed by atoms with Gasteiger partial charge in [0.05, 0.1) is 12.3 Å². The van der Waals surface area contributed by atoms with E-state index in [2.05, 4.69) is 4.98 Å². The van der Waals surface area contributed by atoms with Gasteiger partial charge in [0.25, 0.3) is 0 Å².